The van der Waals surface area contributed by atoms with E-state index in [1.165, 1.54) is 18.2 Å². The molecule has 1 aromatic heterocycles. The first-order valence-corrected chi connectivity index (χ1v) is 6.31. The van der Waals surface area contributed by atoms with Crippen LogP contribution in [0.25, 0.3) is 0 Å². The van der Waals surface area contributed by atoms with Gasteiger partial charge in [-0.15, -0.1) is 0 Å². The molecule has 1 heterocycles. The molecule has 0 aliphatic heterocycles. The van der Waals surface area contributed by atoms with Crippen LogP contribution in [0.15, 0.2) is 42.6 Å². The number of hydrogen-bond donors (Lipinski definition) is 2. The molecule has 6 heteroatoms. The maximum absolute atomic E-state index is 13.0. The summed E-state index contributed by atoms with van der Waals surface area (Å²) in [5.41, 5.74) is 0.985. The van der Waals surface area contributed by atoms with Crippen LogP contribution >= 0.6 is 0 Å². The highest BCUT2D eigenvalue weighted by Crippen LogP contribution is 2.08. The van der Waals surface area contributed by atoms with Gasteiger partial charge in [-0.3, -0.25) is 9.59 Å². The largest absolute Gasteiger partial charge is 0.343 e. The summed E-state index contributed by atoms with van der Waals surface area (Å²) >= 11 is 0. The summed E-state index contributed by atoms with van der Waals surface area (Å²) in [6.45, 7) is 1.60. The Kier molecular flexibility index (Phi) is 4.61. The van der Waals surface area contributed by atoms with Crippen molar-refractivity contribution < 1.29 is 14.0 Å². The number of aromatic nitrogens is 1. The molecule has 0 atom stereocenters. The van der Waals surface area contributed by atoms with Gasteiger partial charge in [-0.25, -0.2) is 9.37 Å². The van der Waals surface area contributed by atoms with Gasteiger partial charge < -0.3 is 10.6 Å². The van der Waals surface area contributed by atoms with E-state index in [0.717, 1.165) is 11.6 Å². The number of aryl methyl sites for hydroxylation is 1. The van der Waals surface area contributed by atoms with E-state index < -0.39 is 17.6 Å². The molecule has 5 nitrogen and oxygen atoms in total. The third kappa shape index (κ3) is 4.10. The first-order valence-electron chi connectivity index (χ1n) is 6.31. The van der Waals surface area contributed by atoms with Crippen molar-refractivity contribution in [1.82, 2.24) is 10.3 Å². The number of rotatable bonds is 4. The first-order chi connectivity index (χ1) is 10.1. The molecule has 0 aliphatic carbocycles. The van der Waals surface area contributed by atoms with Gasteiger partial charge in [0, 0.05) is 11.8 Å². The molecule has 2 rings (SSSR count). The van der Waals surface area contributed by atoms with Crippen molar-refractivity contribution in [2.75, 3.05) is 11.9 Å². The zero-order valence-corrected chi connectivity index (χ0v) is 11.4. The number of carbonyl (C=O) groups excluding carboxylic acids is 2. The molecule has 2 N–H and O–H groups in total. The number of hydrogen-bond acceptors (Lipinski definition) is 3. The standard InChI is InChI=1S/C15H14FN3O2/c1-10-4-3-7-17-14(10)19-13(20)9-18-15(21)11-5-2-6-12(16)8-11/h2-8H,9H2,1H3,(H,18,21)(H,17,19,20). The van der Waals surface area contributed by atoms with E-state index in [-0.39, 0.29) is 12.1 Å². The van der Waals surface area contributed by atoms with Crippen molar-refractivity contribution in [2.24, 2.45) is 0 Å². The van der Waals surface area contributed by atoms with Crippen molar-refractivity contribution >= 4 is 17.6 Å². The van der Waals surface area contributed by atoms with Gasteiger partial charge in [-0.2, -0.15) is 0 Å². The van der Waals surface area contributed by atoms with Gasteiger partial charge in [-0.1, -0.05) is 12.1 Å². The topological polar surface area (TPSA) is 71.1 Å². The lowest BCUT2D eigenvalue weighted by Crippen LogP contribution is -2.33. The molecule has 21 heavy (non-hydrogen) atoms. The molecule has 1 aromatic carbocycles. The van der Waals surface area contributed by atoms with E-state index in [2.05, 4.69) is 15.6 Å². The number of nitrogens with zero attached hydrogens (tertiary/aromatic N) is 1. The number of carbonyl (C=O) groups is 2. The van der Waals surface area contributed by atoms with Crippen LogP contribution in [-0.4, -0.2) is 23.3 Å². The summed E-state index contributed by atoms with van der Waals surface area (Å²) in [6.07, 6.45) is 1.56. The Bertz CT molecular complexity index is 673. The summed E-state index contributed by atoms with van der Waals surface area (Å²) in [7, 11) is 0. The Morgan fingerprint density at radius 1 is 1.24 bits per heavy atom. The minimum atomic E-state index is -0.512. The highest BCUT2D eigenvalue weighted by molar-refractivity contribution is 5.99. The molecular formula is C15H14FN3O2. The highest BCUT2D eigenvalue weighted by atomic mass is 19.1. The molecule has 0 saturated carbocycles. The molecule has 0 fully saturated rings. The molecule has 0 aliphatic rings. The summed E-state index contributed by atoms with van der Waals surface area (Å²) in [4.78, 5) is 27.5. The van der Waals surface area contributed by atoms with Gasteiger partial charge in [0.05, 0.1) is 6.54 Å². The fourth-order valence-corrected chi connectivity index (χ4v) is 1.69. The minimum Gasteiger partial charge on any atom is -0.343 e. The lowest BCUT2D eigenvalue weighted by molar-refractivity contribution is -0.115. The van der Waals surface area contributed by atoms with Crippen LogP contribution in [0.5, 0.6) is 0 Å². The van der Waals surface area contributed by atoms with Gasteiger partial charge >= 0.3 is 0 Å². The number of anilines is 1. The number of halogens is 1. The second kappa shape index (κ2) is 6.60. The Balaban J connectivity index is 1.90. The molecule has 0 bridgehead atoms. The predicted molar refractivity (Wildman–Crippen MR) is 76.3 cm³/mol. The number of amides is 2. The summed E-state index contributed by atoms with van der Waals surface area (Å²) < 4.78 is 13.0. The van der Waals surface area contributed by atoms with E-state index in [4.69, 9.17) is 0 Å². The summed E-state index contributed by atoms with van der Waals surface area (Å²) in [6, 6.07) is 8.83. The lowest BCUT2D eigenvalue weighted by atomic mass is 10.2. The zero-order valence-electron chi connectivity index (χ0n) is 11.4. The van der Waals surface area contributed by atoms with Crippen molar-refractivity contribution in [2.45, 2.75) is 6.92 Å². The Labute approximate surface area is 121 Å². The zero-order chi connectivity index (χ0) is 15.2. The van der Waals surface area contributed by atoms with Crippen LogP contribution < -0.4 is 10.6 Å². The number of benzene rings is 1. The van der Waals surface area contributed by atoms with E-state index in [0.29, 0.717) is 5.82 Å². The molecule has 0 radical (unpaired) electrons. The maximum atomic E-state index is 13.0. The average Bonchev–Trinajstić information content (AvgIpc) is 2.47. The van der Waals surface area contributed by atoms with E-state index >= 15 is 0 Å². The van der Waals surface area contributed by atoms with Crippen molar-refractivity contribution in [3.05, 3.63) is 59.5 Å². The molecule has 2 amide bonds. The third-order valence-corrected chi connectivity index (χ3v) is 2.76. The molecule has 108 valence electrons. The normalized spacial score (nSPS) is 10.0. The van der Waals surface area contributed by atoms with Crippen LogP contribution in [0, 0.1) is 12.7 Å². The van der Waals surface area contributed by atoms with Crippen LogP contribution in [-0.2, 0) is 4.79 Å². The smallest absolute Gasteiger partial charge is 0.251 e. The summed E-state index contributed by atoms with van der Waals surface area (Å²) in [5, 5.41) is 5.01. The third-order valence-electron chi connectivity index (χ3n) is 2.76. The van der Waals surface area contributed by atoms with Crippen LogP contribution in [0.1, 0.15) is 15.9 Å². The Morgan fingerprint density at radius 3 is 2.76 bits per heavy atom. The monoisotopic (exact) mass is 287 g/mol. The SMILES string of the molecule is Cc1cccnc1NC(=O)CNC(=O)c1cccc(F)c1. The van der Waals surface area contributed by atoms with Gasteiger partial charge in [0.15, 0.2) is 0 Å². The van der Waals surface area contributed by atoms with Crippen LogP contribution in [0.3, 0.4) is 0 Å². The fraction of sp³-hybridized carbons (Fsp3) is 0.133. The van der Waals surface area contributed by atoms with E-state index in [1.54, 1.807) is 12.3 Å². The second-order valence-corrected chi connectivity index (χ2v) is 4.41. The predicted octanol–water partition coefficient (Wildman–Crippen LogP) is 1.90. The van der Waals surface area contributed by atoms with E-state index in [1.807, 2.05) is 13.0 Å². The molecule has 2 aromatic rings. The van der Waals surface area contributed by atoms with Gasteiger partial charge in [0.2, 0.25) is 5.91 Å². The number of nitrogens with one attached hydrogen (secondary N) is 2. The van der Waals surface area contributed by atoms with E-state index in [9.17, 15) is 14.0 Å². The van der Waals surface area contributed by atoms with Crippen molar-refractivity contribution in [1.29, 1.82) is 0 Å². The van der Waals surface area contributed by atoms with Gasteiger partial charge in [-0.05, 0) is 36.8 Å². The van der Waals surface area contributed by atoms with Gasteiger partial charge in [0.25, 0.3) is 5.91 Å². The van der Waals surface area contributed by atoms with Gasteiger partial charge in [0.1, 0.15) is 11.6 Å². The molecule has 0 saturated heterocycles. The minimum absolute atomic E-state index is 0.164. The maximum Gasteiger partial charge on any atom is 0.251 e. The molecule has 0 unspecified atom stereocenters. The fourth-order valence-electron chi connectivity index (χ4n) is 1.69. The highest BCUT2D eigenvalue weighted by Gasteiger charge is 2.10. The molecular weight excluding hydrogens is 273 g/mol. The Hall–Kier alpha value is -2.76. The summed E-state index contributed by atoms with van der Waals surface area (Å²) in [5.74, 6) is -0.970. The second-order valence-electron chi connectivity index (χ2n) is 4.41. The van der Waals surface area contributed by atoms with Crippen molar-refractivity contribution in [3.63, 3.8) is 0 Å². The Morgan fingerprint density at radius 2 is 2.05 bits per heavy atom. The quantitative estimate of drug-likeness (QED) is 0.902. The van der Waals surface area contributed by atoms with Crippen LogP contribution in [0.2, 0.25) is 0 Å². The number of pyridine rings is 1. The average molecular weight is 287 g/mol. The lowest BCUT2D eigenvalue weighted by Gasteiger charge is -2.08. The van der Waals surface area contributed by atoms with Crippen molar-refractivity contribution in [3.8, 4) is 0 Å². The first kappa shape index (κ1) is 14.6. The van der Waals surface area contributed by atoms with Crippen LogP contribution in [0.4, 0.5) is 10.2 Å². The molecule has 0 spiro atoms.